The second kappa shape index (κ2) is 7.46. The first-order valence-electron chi connectivity index (χ1n) is 8.89. The van der Waals surface area contributed by atoms with Crippen molar-refractivity contribution in [3.05, 3.63) is 77.1 Å². The maximum absolute atomic E-state index is 9.07. The summed E-state index contributed by atoms with van der Waals surface area (Å²) < 4.78 is 1.89. The standard InChI is InChI=1S/C20H20N6/c21-14-16-8-10-18(11-9-16)19(25-12-4-5-13-25)20-22-23-24-26(20)15-17-6-2-1-3-7-17/h1-3,6-11,19H,4-5,12-13,15H2/t19-/m0/s1. The van der Waals surface area contributed by atoms with Crippen LogP contribution in [0.3, 0.4) is 0 Å². The highest BCUT2D eigenvalue weighted by Gasteiger charge is 2.29. The van der Waals surface area contributed by atoms with Crippen molar-refractivity contribution < 1.29 is 0 Å². The van der Waals surface area contributed by atoms with E-state index in [1.807, 2.05) is 47.1 Å². The van der Waals surface area contributed by atoms with Crippen LogP contribution in [0.4, 0.5) is 0 Å². The molecular formula is C20H20N6. The molecule has 6 heteroatoms. The van der Waals surface area contributed by atoms with Gasteiger partial charge in [-0.25, -0.2) is 4.68 Å². The van der Waals surface area contributed by atoms with E-state index in [1.54, 1.807) is 0 Å². The van der Waals surface area contributed by atoms with Gasteiger partial charge in [0.1, 0.15) is 0 Å². The SMILES string of the molecule is N#Cc1ccc([C@@H](c2nnnn2Cc2ccccc2)N2CCCC2)cc1. The van der Waals surface area contributed by atoms with Gasteiger partial charge in [-0.15, -0.1) is 5.10 Å². The van der Waals surface area contributed by atoms with Crippen molar-refractivity contribution in [2.45, 2.75) is 25.4 Å². The van der Waals surface area contributed by atoms with Crippen LogP contribution < -0.4 is 0 Å². The van der Waals surface area contributed by atoms with Gasteiger partial charge in [-0.2, -0.15) is 5.26 Å². The Morgan fingerprint density at radius 3 is 2.42 bits per heavy atom. The van der Waals surface area contributed by atoms with Crippen molar-refractivity contribution in [2.24, 2.45) is 0 Å². The first-order chi connectivity index (χ1) is 12.8. The second-order valence-corrected chi connectivity index (χ2v) is 6.56. The molecule has 0 bridgehead atoms. The van der Waals surface area contributed by atoms with Crippen LogP contribution in [-0.4, -0.2) is 38.2 Å². The zero-order valence-electron chi connectivity index (χ0n) is 14.5. The maximum atomic E-state index is 9.07. The van der Waals surface area contributed by atoms with E-state index in [1.165, 1.54) is 18.4 Å². The van der Waals surface area contributed by atoms with E-state index >= 15 is 0 Å². The van der Waals surface area contributed by atoms with E-state index < -0.39 is 0 Å². The number of rotatable bonds is 5. The Morgan fingerprint density at radius 1 is 1.00 bits per heavy atom. The fraction of sp³-hybridized carbons (Fsp3) is 0.300. The highest BCUT2D eigenvalue weighted by Crippen LogP contribution is 2.30. The lowest BCUT2D eigenvalue weighted by atomic mass is 10.0. The number of nitriles is 1. The molecule has 1 fully saturated rings. The first-order valence-corrected chi connectivity index (χ1v) is 8.89. The minimum Gasteiger partial charge on any atom is -0.290 e. The lowest BCUT2D eigenvalue weighted by Gasteiger charge is -2.27. The van der Waals surface area contributed by atoms with Crippen LogP contribution in [0.2, 0.25) is 0 Å². The van der Waals surface area contributed by atoms with E-state index in [0.717, 1.165) is 24.5 Å². The van der Waals surface area contributed by atoms with Crippen molar-refractivity contribution in [2.75, 3.05) is 13.1 Å². The Balaban J connectivity index is 1.70. The van der Waals surface area contributed by atoms with E-state index in [-0.39, 0.29) is 6.04 Å². The first kappa shape index (κ1) is 16.4. The number of aromatic nitrogens is 4. The molecule has 0 amide bonds. The van der Waals surface area contributed by atoms with Gasteiger partial charge in [0.05, 0.1) is 24.2 Å². The molecule has 0 spiro atoms. The van der Waals surface area contributed by atoms with E-state index in [2.05, 4.69) is 38.6 Å². The fourth-order valence-corrected chi connectivity index (χ4v) is 3.54. The molecule has 0 aliphatic carbocycles. The lowest BCUT2D eigenvalue weighted by Crippen LogP contribution is -2.29. The summed E-state index contributed by atoms with van der Waals surface area (Å²) in [6.45, 7) is 2.70. The van der Waals surface area contributed by atoms with Gasteiger partial charge < -0.3 is 0 Å². The van der Waals surface area contributed by atoms with Crippen molar-refractivity contribution in [1.82, 2.24) is 25.1 Å². The molecule has 1 atom stereocenters. The Hall–Kier alpha value is -3.04. The predicted molar refractivity (Wildman–Crippen MR) is 97.2 cm³/mol. The summed E-state index contributed by atoms with van der Waals surface area (Å²) >= 11 is 0. The minimum atomic E-state index is 0.00366. The molecule has 130 valence electrons. The second-order valence-electron chi connectivity index (χ2n) is 6.56. The molecule has 3 aromatic rings. The monoisotopic (exact) mass is 344 g/mol. The van der Waals surface area contributed by atoms with Crippen LogP contribution in [0, 0.1) is 11.3 Å². The minimum absolute atomic E-state index is 0.00366. The summed E-state index contributed by atoms with van der Waals surface area (Å²) in [5, 5.41) is 21.6. The molecule has 4 rings (SSSR count). The largest absolute Gasteiger partial charge is 0.290 e. The van der Waals surface area contributed by atoms with Gasteiger partial charge in [0.2, 0.25) is 0 Å². The fourth-order valence-electron chi connectivity index (χ4n) is 3.54. The Bertz CT molecular complexity index is 888. The maximum Gasteiger partial charge on any atom is 0.173 e. The average molecular weight is 344 g/mol. The van der Waals surface area contributed by atoms with E-state index in [9.17, 15) is 0 Å². The average Bonchev–Trinajstić information content (AvgIpc) is 3.37. The molecular weight excluding hydrogens is 324 g/mol. The van der Waals surface area contributed by atoms with Crippen LogP contribution in [-0.2, 0) is 6.54 Å². The van der Waals surface area contributed by atoms with Gasteiger partial charge in [-0.1, -0.05) is 42.5 Å². The normalized spacial score (nSPS) is 15.7. The van der Waals surface area contributed by atoms with Crippen molar-refractivity contribution in [3.8, 4) is 6.07 Å². The van der Waals surface area contributed by atoms with Crippen molar-refractivity contribution >= 4 is 0 Å². The zero-order chi connectivity index (χ0) is 17.8. The molecule has 2 heterocycles. The van der Waals surface area contributed by atoms with Crippen LogP contribution >= 0.6 is 0 Å². The summed E-state index contributed by atoms with van der Waals surface area (Å²) in [5.41, 5.74) is 2.95. The zero-order valence-corrected chi connectivity index (χ0v) is 14.5. The molecule has 0 radical (unpaired) electrons. The van der Waals surface area contributed by atoms with E-state index in [4.69, 9.17) is 5.26 Å². The molecule has 0 unspecified atom stereocenters. The quantitative estimate of drug-likeness (QED) is 0.712. The van der Waals surface area contributed by atoms with Crippen molar-refractivity contribution in [3.63, 3.8) is 0 Å². The predicted octanol–water partition coefficient (Wildman–Crippen LogP) is 2.78. The smallest absolute Gasteiger partial charge is 0.173 e. The number of tetrazole rings is 1. The summed E-state index contributed by atoms with van der Waals surface area (Å²) in [7, 11) is 0. The number of hydrogen-bond acceptors (Lipinski definition) is 5. The number of hydrogen-bond donors (Lipinski definition) is 0. The number of benzene rings is 2. The van der Waals surface area contributed by atoms with E-state index in [0.29, 0.717) is 12.1 Å². The van der Waals surface area contributed by atoms with Gasteiger partial charge in [0.25, 0.3) is 0 Å². The number of likely N-dealkylation sites (tertiary alicyclic amines) is 1. The van der Waals surface area contributed by atoms with Crippen LogP contribution in [0.5, 0.6) is 0 Å². The van der Waals surface area contributed by atoms with Gasteiger partial charge in [0, 0.05) is 0 Å². The molecule has 0 N–H and O–H groups in total. The molecule has 1 aliphatic heterocycles. The summed E-state index contributed by atoms with van der Waals surface area (Å²) in [5.74, 6) is 0.848. The molecule has 26 heavy (non-hydrogen) atoms. The van der Waals surface area contributed by atoms with Gasteiger partial charge in [-0.3, -0.25) is 4.90 Å². The summed E-state index contributed by atoms with van der Waals surface area (Å²) in [4.78, 5) is 2.43. The van der Waals surface area contributed by atoms with Gasteiger partial charge >= 0.3 is 0 Å². The number of nitrogens with zero attached hydrogens (tertiary/aromatic N) is 6. The summed E-state index contributed by atoms with van der Waals surface area (Å²) in [6.07, 6.45) is 2.38. The molecule has 6 nitrogen and oxygen atoms in total. The lowest BCUT2D eigenvalue weighted by molar-refractivity contribution is 0.264. The third-order valence-electron chi connectivity index (χ3n) is 4.84. The third kappa shape index (κ3) is 3.35. The van der Waals surface area contributed by atoms with Gasteiger partial charge in [0.15, 0.2) is 5.82 Å². The van der Waals surface area contributed by atoms with Crippen LogP contribution in [0.15, 0.2) is 54.6 Å². The molecule has 1 aliphatic rings. The third-order valence-corrected chi connectivity index (χ3v) is 4.84. The van der Waals surface area contributed by atoms with Crippen LogP contribution in [0.25, 0.3) is 0 Å². The molecule has 1 aromatic heterocycles. The Labute approximate surface area is 152 Å². The van der Waals surface area contributed by atoms with Gasteiger partial charge in [-0.05, 0) is 59.6 Å². The van der Waals surface area contributed by atoms with Crippen LogP contribution in [0.1, 0.15) is 41.4 Å². The Kier molecular flexibility index (Phi) is 4.71. The highest BCUT2D eigenvalue weighted by molar-refractivity contribution is 5.35. The molecule has 0 saturated carbocycles. The highest BCUT2D eigenvalue weighted by atomic mass is 15.5. The molecule has 2 aromatic carbocycles. The van der Waals surface area contributed by atoms with Crippen molar-refractivity contribution in [1.29, 1.82) is 5.26 Å². The topological polar surface area (TPSA) is 70.6 Å². The Morgan fingerprint density at radius 2 is 1.73 bits per heavy atom. The summed E-state index contributed by atoms with van der Waals surface area (Å²) in [6, 6.07) is 20.2. The molecule has 1 saturated heterocycles.